The lowest BCUT2D eigenvalue weighted by Gasteiger charge is -2.24. The van der Waals surface area contributed by atoms with Crippen molar-refractivity contribution in [2.75, 3.05) is 30.8 Å². The van der Waals surface area contributed by atoms with Gasteiger partial charge in [-0.1, -0.05) is 48.9 Å². The molecule has 0 spiro atoms. The number of sulfonamides is 1. The number of hydrogen-bond donors (Lipinski definition) is 1. The van der Waals surface area contributed by atoms with Crippen molar-refractivity contribution in [2.45, 2.75) is 12.8 Å². The summed E-state index contributed by atoms with van der Waals surface area (Å²) in [5.41, 5.74) is 1.31. The highest BCUT2D eigenvalue weighted by Gasteiger charge is 2.24. The molecule has 0 heterocycles. The van der Waals surface area contributed by atoms with Gasteiger partial charge in [-0.05, 0) is 29.7 Å². The molecule has 1 N–H and O–H groups in total. The SMILES string of the molecule is COc1ccc(Cl)cc1N(CC(=O)NCC(C)c1ccccc1)S(C)(=O)=O. The summed E-state index contributed by atoms with van der Waals surface area (Å²) in [4.78, 5) is 12.4. The Labute approximate surface area is 165 Å². The highest BCUT2D eigenvalue weighted by atomic mass is 35.5. The van der Waals surface area contributed by atoms with Gasteiger partial charge >= 0.3 is 0 Å². The Bertz CT molecular complexity index is 888. The third-order valence-electron chi connectivity index (χ3n) is 4.07. The Morgan fingerprint density at radius 1 is 1.22 bits per heavy atom. The number of hydrogen-bond acceptors (Lipinski definition) is 4. The van der Waals surface area contributed by atoms with Crippen LogP contribution in [-0.4, -0.2) is 40.8 Å². The van der Waals surface area contributed by atoms with Crippen molar-refractivity contribution in [3.63, 3.8) is 0 Å². The van der Waals surface area contributed by atoms with E-state index in [4.69, 9.17) is 16.3 Å². The van der Waals surface area contributed by atoms with Crippen molar-refractivity contribution in [1.29, 1.82) is 0 Å². The van der Waals surface area contributed by atoms with Crippen molar-refractivity contribution in [3.05, 3.63) is 59.1 Å². The van der Waals surface area contributed by atoms with Crippen LogP contribution in [0.5, 0.6) is 5.75 Å². The molecule has 1 atom stereocenters. The van der Waals surface area contributed by atoms with E-state index < -0.39 is 15.9 Å². The van der Waals surface area contributed by atoms with Crippen molar-refractivity contribution in [1.82, 2.24) is 5.32 Å². The first kappa shape index (κ1) is 21.1. The molecule has 0 aliphatic rings. The normalized spacial score (nSPS) is 12.3. The second kappa shape index (κ2) is 9.10. The van der Waals surface area contributed by atoms with Gasteiger partial charge in [0.05, 0.1) is 19.1 Å². The van der Waals surface area contributed by atoms with E-state index in [-0.39, 0.29) is 18.2 Å². The van der Waals surface area contributed by atoms with E-state index in [0.717, 1.165) is 16.1 Å². The Kier molecular flexibility index (Phi) is 7.10. The lowest BCUT2D eigenvalue weighted by molar-refractivity contribution is -0.119. The molecule has 2 aromatic carbocycles. The molecule has 6 nitrogen and oxygen atoms in total. The predicted octanol–water partition coefficient (Wildman–Crippen LogP) is 3.03. The molecule has 0 bridgehead atoms. The van der Waals surface area contributed by atoms with Gasteiger partial charge in [-0.2, -0.15) is 0 Å². The van der Waals surface area contributed by atoms with Crippen LogP contribution in [0, 0.1) is 0 Å². The molecule has 0 saturated carbocycles. The van der Waals surface area contributed by atoms with Gasteiger partial charge in [0.15, 0.2) is 0 Å². The van der Waals surface area contributed by atoms with Crippen molar-refractivity contribution >= 4 is 33.2 Å². The lowest BCUT2D eigenvalue weighted by Crippen LogP contribution is -2.41. The van der Waals surface area contributed by atoms with Gasteiger partial charge in [0, 0.05) is 11.6 Å². The van der Waals surface area contributed by atoms with E-state index in [2.05, 4.69) is 5.32 Å². The minimum Gasteiger partial charge on any atom is -0.495 e. The number of nitrogens with one attached hydrogen (secondary N) is 1. The molecule has 2 aromatic rings. The zero-order valence-corrected chi connectivity index (χ0v) is 17.0. The first-order valence-electron chi connectivity index (χ1n) is 8.35. The van der Waals surface area contributed by atoms with E-state index in [1.165, 1.54) is 13.2 Å². The van der Waals surface area contributed by atoms with Crippen LogP contribution >= 0.6 is 11.6 Å². The maximum Gasteiger partial charge on any atom is 0.240 e. The molecule has 27 heavy (non-hydrogen) atoms. The summed E-state index contributed by atoms with van der Waals surface area (Å²) in [5, 5.41) is 3.13. The lowest BCUT2D eigenvalue weighted by atomic mass is 10.0. The number of carbonyl (C=O) groups is 1. The standard InChI is InChI=1S/C19H23ClN2O4S/c1-14(15-7-5-4-6-8-15)12-21-19(23)13-22(27(3,24)25)17-11-16(20)9-10-18(17)26-2/h4-11,14H,12-13H2,1-3H3,(H,21,23). The summed E-state index contributed by atoms with van der Waals surface area (Å²) in [6.45, 7) is 2.02. The predicted molar refractivity (Wildman–Crippen MR) is 108 cm³/mol. The number of halogens is 1. The van der Waals surface area contributed by atoms with Crippen LogP contribution in [0.25, 0.3) is 0 Å². The minimum atomic E-state index is -3.72. The van der Waals surface area contributed by atoms with Gasteiger partial charge in [-0.15, -0.1) is 0 Å². The highest BCUT2D eigenvalue weighted by molar-refractivity contribution is 7.92. The highest BCUT2D eigenvalue weighted by Crippen LogP contribution is 2.32. The average Bonchev–Trinajstić information content (AvgIpc) is 2.64. The van der Waals surface area contributed by atoms with E-state index >= 15 is 0 Å². The number of benzene rings is 2. The smallest absolute Gasteiger partial charge is 0.240 e. The van der Waals surface area contributed by atoms with Gasteiger partial charge in [-0.3, -0.25) is 9.10 Å². The molecular weight excluding hydrogens is 388 g/mol. The topological polar surface area (TPSA) is 75.7 Å². The first-order valence-corrected chi connectivity index (χ1v) is 10.6. The molecule has 0 fully saturated rings. The molecule has 2 rings (SSSR count). The van der Waals surface area contributed by atoms with E-state index in [1.807, 2.05) is 37.3 Å². The van der Waals surface area contributed by atoms with E-state index in [9.17, 15) is 13.2 Å². The van der Waals surface area contributed by atoms with Gasteiger partial charge in [0.1, 0.15) is 12.3 Å². The zero-order chi connectivity index (χ0) is 20.0. The monoisotopic (exact) mass is 410 g/mol. The molecule has 146 valence electrons. The number of anilines is 1. The summed E-state index contributed by atoms with van der Waals surface area (Å²) in [6.07, 6.45) is 1.03. The zero-order valence-electron chi connectivity index (χ0n) is 15.5. The molecule has 1 amide bonds. The maximum absolute atomic E-state index is 12.4. The minimum absolute atomic E-state index is 0.0996. The quantitative estimate of drug-likeness (QED) is 0.725. The second-order valence-corrected chi connectivity index (χ2v) is 8.54. The van der Waals surface area contributed by atoms with Crippen LogP contribution in [0.3, 0.4) is 0 Å². The number of ether oxygens (including phenoxy) is 1. The Morgan fingerprint density at radius 3 is 2.48 bits per heavy atom. The number of amides is 1. The molecule has 1 unspecified atom stereocenters. The largest absolute Gasteiger partial charge is 0.495 e. The van der Waals surface area contributed by atoms with Crippen LogP contribution in [-0.2, 0) is 14.8 Å². The van der Waals surface area contributed by atoms with Crippen molar-refractivity contribution in [3.8, 4) is 5.75 Å². The number of nitrogens with zero attached hydrogens (tertiary/aromatic N) is 1. The molecule has 8 heteroatoms. The number of carbonyl (C=O) groups excluding carboxylic acids is 1. The van der Waals surface area contributed by atoms with Crippen LogP contribution in [0.4, 0.5) is 5.69 Å². The summed E-state index contributed by atoms with van der Waals surface area (Å²) < 4.78 is 30.7. The van der Waals surface area contributed by atoms with Crippen molar-refractivity contribution in [2.24, 2.45) is 0 Å². The summed E-state index contributed by atoms with van der Waals surface area (Å²) in [7, 11) is -2.29. The molecular formula is C19H23ClN2O4S. The van der Waals surface area contributed by atoms with Crippen LogP contribution in [0.15, 0.2) is 48.5 Å². The van der Waals surface area contributed by atoms with Gasteiger partial charge < -0.3 is 10.1 Å². The summed E-state index contributed by atoms with van der Waals surface area (Å²) in [6, 6.07) is 14.4. The molecule has 0 aromatic heterocycles. The van der Waals surface area contributed by atoms with E-state index in [1.54, 1.807) is 12.1 Å². The Morgan fingerprint density at radius 2 is 1.89 bits per heavy atom. The maximum atomic E-state index is 12.4. The van der Waals surface area contributed by atoms with E-state index in [0.29, 0.717) is 17.3 Å². The van der Waals surface area contributed by atoms with Gasteiger partial charge in [-0.25, -0.2) is 8.42 Å². The fourth-order valence-corrected chi connectivity index (χ4v) is 3.61. The van der Waals surface area contributed by atoms with Gasteiger partial charge in [0.25, 0.3) is 0 Å². The van der Waals surface area contributed by atoms with Crippen LogP contribution in [0.1, 0.15) is 18.4 Å². The van der Waals surface area contributed by atoms with Crippen molar-refractivity contribution < 1.29 is 17.9 Å². The second-order valence-electron chi connectivity index (χ2n) is 6.20. The third kappa shape index (κ3) is 5.87. The molecule has 0 aliphatic carbocycles. The third-order valence-corrected chi connectivity index (χ3v) is 5.43. The molecule has 0 radical (unpaired) electrons. The number of rotatable bonds is 8. The fourth-order valence-electron chi connectivity index (χ4n) is 2.59. The fraction of sp³-hybridized carbons (Fsp3) is 0.316. The summed E-state index contributed by atoms with van der Waals surface area (Å²) in [5.74, 6) is 0.00283. The van der Waals surface area contributed by atoms with Gasteiger partial charge in [0.2, 0.25) is 15.9 Å². The molecule has 0 saturated heterocycles. The Hall–Kier alpha value is -2.25. The number of methoxy groups -OCH3 is 1. The Balaban J connectivity index is 2.13. The van der Waals surface area contributed by atoms with Crippen LogP contribution < -0.4 is 14.4 Å². The molecule has 0 aliphatic heterocycles. The average molecular weight is 411 g/mol. The summed E-state index contributed by atoms with van der Waals surface area (Å²) >= 11 is 6.00. The first-order chi connectivity index (χ1) is 12.7. The van der Waals surface area contributed by atoms with Crippen LogP contribution in [0.2, 0.25) is 5.02 Å².